The molecule has 2 N–H and O–H groups in total. The topological polar surface area (TPSA) is 58.5 Å². The van der Waals surface area contributed by atoms with Gasteiger partial charge in [-0.15, -0.1) is 0 Å². The fourth-order valence-electron chi connectivity index (χ4n) is 2.25. The van der Waals surface area contributed by atoms with Crippen molar-refractivity contribution in [2.75, 3.05) is 6.54 Å². The Labute approximate surface area is 131 Å². The first kappa shape index (κ1) is 15.5. The Balaban J connectivity index is 1.62. The predicted octanol–water partition coefficient (Wildman–Crippen LogP) is 3.64. The molecule has 2 heterocycles. The highest BCUT2D eigenvalue weighted by molar-refractivity contribution is 5.59. The average molecular weight is 319 g/mol. The van der Waals surface area contributed by atoms with Crippen molar-refractivity contribution in [3.63, 3.8) is 0 Å². The van der Waals surface area contributed by atoms with Gasteiger partial charge in [0.25, 0.3) is 0 Å². The molecule has 1 aromatic carbocycles. The number of hydrogen-bond acceptors (Lipinski definition) is 4. The summed E-state index contributed by atoms with van der Waals surface area (Å²) in [7, 11) is 0. The SMILES string of the molecule is OC(CNCc1ccc(-c2c(F)cccc2F)o1)c1ccco1. The van der Waals surface area contributed by atoms with E-state index in [1.165, 1.54) is 30.5 Å². The van der Waals surface area contributed by atoms with Crippen molar-refractivity contribution in [3.8, 4) is 11.3 Å². The van der Waals surface area contributed by atoms with E-state index in [9.17, 15) is 13.9 Å². The number of rotatable bonds is 6. The van der Waals surface area contributed by atoms with Crippen molar-refractivity contribution in [1.82, 2.24) is 5.32 Å². The van der Waals surface area contributed by atoms with Crippen molar-refractivity contribution < 1.29 is 22.7 Å². The van der Waals surface area contributed by atoms with Gasteiger partial charge in [0.1, 0.15) is 35.0 Å². The van der Waals surface area contributed by atoms with E-state index in [-0.39, 0.29) is 17.9 Å². The van der Waals surface area contributed by atoms with E-state index < -0.39 is 17.7 Å². The smallest absolute Gasteiger partial charge is 0.140 e. The third-order valence-corrected chi connectivity index (χ3v) is 3.38. The lowest BCUT2D eigenvalue weighted by Gasteiger charge is -2.08. The van der Waals surface area contributed by atoms with Gasteiger partial charge in [-0.3, -0.25) is 0 Å². The van der Waals surface area contributed by atoms with Gasteiger partial charge < -0.3 is 19.3 Å². The van der Waals surface area contributed by atoms with Gasteiger partial charge in [-0.25, -0.2) is 8.78 Å². The monoisotopic (exact) mass is 319 g/mol. The number of halogens is 2. The summed E-state index contributed by atoms with van der Waals surface area (Å²) < 4.78 is 37.9. The largest absolute Gasteiger partial charge is 0.467 e. The summed E-state index contributed by atoms with van der Waals surface area (Å²) in [5, 5.41) is 12.8. The number of aliphatic hydroxyl groups is 1. The first-order valence-electron chi connectivity index (χ1n) is 7.10. The molecule has 0 fully saturated rings. The Morgan fingerprint density at radius 3 is 2.52 bits per heavy atom. The van der Waals surface area contributed by atoms with E-state index in [1.54, 1.807) is 18.2 Å². The first-order chi connectivity index (χ1) is 11.1. The lowest BCUT2D eigenvalue weighted by Crippen LogP contribution is -2.20. The van der Waals surface area contributed by atoms with Crippen LogP contribution in [0.1, 0.15) is 17.6 Å². The van der Waals surface area contributed by atoms with Crippen LogP contribution in [-0.4, -0.2) is 11.7 Å². The lowest BCUT2D eigenvalue weighted by atomic mass is 10.1. The normalized spacial score (nSPS) is 12.5. The van der Waals surface area contributed by atoms with Crippen LogP contribution in [0.5, 0.6) is 0 Å². The quantitative estimate of drug-likeness (QED) is 0.728. The van der Waals surface area contributed by atoms with Crippen LogP contribution in [0, 0.1) is 11.6 Å². The molecule has 6 heteroatoms. The zero-order valence-corrected chi connectivity index (χ0v) is 12.1. The van der Waals surface area contributed by atoms with Crippen LogP contribution in [0.4, 0.5) is 8.78 Å². The molecule has 3 aromatic rings. The maximum atomic E-state index is 13.7. The summed E-state index contributed by atoms with van der Waals surface area (Å²) in [4.78, 5) is 0. The zero-order chi connectivity index (χ0) is 16.2. The molecular weight excluding hydrogens is 304 g/mol. The van der Waals surface area contributed by atoms with Gasteiger partial charge in [-0.1, -0.05) is 6.07 Å². The van der Waals surface area contributed by atoms with Crippen molar-refractivity contribution in [2.45, 2.75) is 12.6 Å². The summed E-state index contributed by atoms with van der Waals surface area (Å²) in [6, 6.07) is 10.2. The van der Waals surface area contributed by atoms with E-state index >= 15 is 0 Å². The third kappa shape index (κ3) is 3.49. The van der Waals surface area contributed by atoms with Crippen molar-refractivity contribution in [1.29, 1.82) is 0 Å². The molecule has 0 bridgehead atoms. The fraction of sp³-hybridized carbons (Fsp3) is 0.176. The summed E-state index contributed by atoms with van der Waals surface area (Å²) in [6.07, 6.45) is 0.712. The van der Waals surface area contributed by atoms with Gasteiger partial charge in [-0.2, -0.15) is 0 Å². The summed E-state index contributed by atoms with van der Waals surface area (Å²) in [5.41, 5.74) is -0.186. The average Bonchev–Trinajstić information content (AvgIpc) is 3.18. The van der Waals surface area contributed by atoms with E-state index in [1.807, 2.05) is 0 Å². The van der Waals surface area contributed by atoms with E-state index in [0.29, 0.717) is 18.1 Å². The molecule has 0 amide bonds. The van der Waals surface area contributed by atoms with Crippen LogP contribution in [0.3, 0.4) is 0 Å². The van der Waals surface area contributed by atoms with E-state index in [2.05, 4.69) is 5.32 Å². The number of benzene rings is 1. The first-order valence-corrected chi connectivity index (χ1v) is 7.10. The minimum absolute atomic E-state index is 0.129. The van der Waals surface area contributed by atoms with Gasteiger partial charge in [0.05, 0.1) is 18.4 Å². The fourth-order valence-corrected chi connectivity index (χ4v) is 2.25. The Morgan fingerprint density at radius 1 is 1.04 bits per heavy atom. The zero-order valence-electron chi connectivity index (χ0n) is 12.1. The van der Waals surface area contributed by atoms with E-state index in [0.717, 1.165) is 0 Å². The van der Waals surface area contributed by atoms with E-state index in [4.69, 9.17) is 8.83 Å². The summed E-state index contributed by atoms with van der Waals surface area (Å²) >= 11 is 0. The van der Waals surface area contributed by atoms with Gasteiger partial charge in [0.15, 0.2) is 0 Å². The highest BCUT2D eigenvalue weighted by Crippen LogP contribution is 2.27. The highest BCUT2D eigenvalue weighted by Gasteiger charge is 2.15. The second kappa shape index (κ2) is 6.76. The second-order valence-electron chi connectivity index (χ2n) is 5.02. The standard InChI is InChI=1S/C17H15F2NO3/c18-12-3-1-4-13(19)17(12)16-7-6-11(23-16)9-20-10-14(21)15-5-2-8-22-15/h1-8,14,20-21H,9-10H2. The molecule has 23 heavy (non-hydrogen) atoms. The number of aliphatic hydroxyl groups excluding tert-OH is 1. The third-order valence-electron chi connectivity index (χ3n) is 3.38. The number of nitrogens with one attached hydrogen (secondary N) is 1. The second-order valence-corrected chi connectivity index (χ2v) is 5.02. The molecule has 3 rings (SSSR count). The highest BCUT2D eigenvalue weighted by atomic mass is 19.1. The Kier molecular flexibility index (Phi) is 4.55. The molecule has 0 radical (unpaired) electrons. The van der Waals surface area contributed by atoms with Gasteiger partial charge in [0, 0.05) is 6.54 Å². The summed E-state index contributed by atoms with van der Waals surface area (Å²) in [5.74, 6) is -0.247. The molecule has 0 aliphatic rings. The van der Waals surface area contributed by atoms with Crippen molar-refractivity contribution >= 4 is 0 Å². The molecule has 0 aliphatic carbocycles. The van der Waals surface area contributed by atoms with Crippen LogP contribution >= 0.6 is 0 Å². The molecule has 0 saturated carbocycles. The van der Waals surface area contributed by atoms with Crippen LogP contribution in [0.15, 0.2) is 57.6 Å². The Bertz CT molecular complexity index is 748. The minimum atomic E-state index is -0.775. The molecule has 4 nitrogen and oxygen atoms in total. The Morgan fingerprint density at radius 2 is 1.83 bits per heavy atom. The molecule has 0 saturated heterocycles. The molecule has 0 aliphatic heterocycles. The maximum absolute atomic E-state index is 13.7. The maximum Gasteiger partial charge on any atom is 0.140 e. The van der Waals surface area contributed by atoms with Crippen LogP contribution in [0.2, 0.25) is 0 Å². The minimum Gasteiger partial charge on any atom is -0.467 e. The van der Waals surface area contributed by atoms with Crippen LogP contribution < -0.4 is 5.32 Å². The molecule has 0 spiro atoms. The van der Waals surface area contributed by atoms with Gasteiger partial charge >= 0.3 is 0 Å². The molecular formula is C17H15F2NO3. The molecule has 1 unspecified atom stereocenters. The molecule has 1 atom stereocenters. The Hall–Kier alpha value is -2.44. The lowest BCUT2D eigenvalue weighted by molar-refractivity contribution is 0.146. The number of hydrogen-bond donors (Lipinski definition) is 2. The van der Waals surface area contributed by atoms with Crippen molar-refractivity contribution in [2.24, 2.45) is 0 Å². The van der Waals surface area contributed by atoms with Crippen molar-refractivity contribution in [3.05, 3.63) is 71.9 Å². The predicted molar refractivity (Wildman–Crippen MR) is 79.4 cm³/mol. The summed E-state index contributed by atoms with van der Waals surface area (Å²) in [6.45, 7) is 0.575. The molecule has 120 valence electrons. The number of furan rings is 2. The van der Waals surface area contributed by atoms with Crippen LogP contribution in [-0.2, 0) is 6.54 Å². The van der Waals surface area contributed by atoms with Gasteiger partial charge in [-0.05, 0) is 36.4 Å². The van der Waals surface area contributed by atoms with Crippen LogP contribution in [0.25, 0.3) is 11.3 Å². The van der Waals surface area contributed by atoms with Gasteiger partial charge in [0.2, 0.25) is 0 Å². The molecule has 2 aromatic heterocycles.